The van der Waals surface area contributed by atoms with Crippen LogP contribution in [0.5, 0.6) is 0 Å². The van der Waals surface area contributed by atoms with E-state index in [1.807, 2.05) is 0 Å². The van der Waals surface area contributed by atoms with E-state index in [4.69, 9.17) is 0 Å². The zero-order chi connectivity index (χ0) is 5.91. The number of hydrogen-bond acceptors (Lipinski definition) is 1. The van der Waals surface area contributed by atoms with E-state index in [1.165, 1.54) is 13.0 Å². The molecule has 2 nitrogen and oxygen atoms in total. The van der Waals surface area contributed by atoms with Crippen molar-refractivity contribution in [3.8, 4) is 0 Å². The van der Waals surface area contributed by atoms with Gasteiger partial charge in [0.15, 0.2) is 0 Å². The monoisotopic (exact) mass is 179 g/mol. The number of quaternary nitrogens is 1. The Morgan fingerprint density at radius 1 is 1.20 bits per heavy atom. The fraction of sp³-hybridized carbons (Fsp3) is 1.00. The molecule has 0 aliphatic rings. The van der Waals surface area contributed by atoms with E-state index in [0.717, 1.165) is 4.48 Å². The molecule has 62 valence electrons. The van der Waals surface area contributed by atoms with Crippen molar-refractivity contribution in [2.45, 2.75) is 13.3 Å². The molecule has 0 aliphatic heterocycles. The zero-order valence-corrected chi connectivity index (χ0v) is 10.8. The maximum atomic E-state index is 2.21. The summed E-state index contributed by atoms with van der Waals surface area (Å²) in [7, 11) is 6.64. The molecule has 0 rings (SSSR count). The Hall–Kier alpha value is 1.21. The molecule has 0 unspecified atom stereocenters. The van der Waals surface area contributed by atoms with Crippen LogP contribution in [0.25, 0.3) is 0 Å². The molecule has 0 fully saturated rings. The topological polar surface area (TPSA) is 35.0 Å². The van der Waals surface area contributed by atoms with Crippen LogP contribution in [0.3, 0.4) is 0 Å². The van der Waals surface area contributed by atoms with E-state index in [-0.39, 0.29) is 49.5 Å². The van der Waals surface area contributed by atoms with Crippen molar-refractivity contribution in [2.24, 2.45) is 0 Å². The molecular formula is C6H21ClN2Na+. The van der Waals surface area contributed by atoms with Gasteiger partial charge in [0.1, 0.15) is 0 Å². The summed E-state index contributed by atoms with van der Waals surface area (Å²) < 4.78 is 1.09. The summed E-state index contributed by atoms with van der Waals surface area (Å²) in [5.74, 6) is 0. The van der Waals surface area contributed by atoms with Crippen LogP contribution in [0.2, 0.25) is 0 Å². The maximum Gasteiger partial charge on any atom is 1.00 e. The summed E-state index contributed by atoms with van der Waals surface area (Å²) in [4.78, 5) is 0. The average molecular weight is 180 g/mol. The first-order valence-corrected chi connectivity index (χ1v) is 2.86. The largest absolute Gasteiger partial charge is 1.00 e. The Morgan fingerprint density at radius 2 is 1.50 bits per heavy atom. The van der Waals surface area contributed by atoms with Crippen LogP contribution >= 0.6 is 12.4 Å². The van der Waals surface area contributed by atoms with Crippen LogP contribution in [0, 0.1) is 0 Å². The second-order valence-electron chi connectivity index (χ2n) is 3.01. The molecule has 0 aromatic carbocycles. The molecule has 0 heterocycles. The number of hydrogen-bond donors (Lipinski definition) is 1. The normalized spacial score (nSPS) is 8.40. The standard InChI is InChI=1S/C6H16N.ClH.H3N.Na.H/c1-5-6-7(2,3)4;;;;/h5-6H2,1-4H3;1H;1H3;;/q+1;;;+1;-1. The zero-order valence-electron chi connectivity index (χ0n) is 8.98. The summed E-state index contributed by atoms with van der Waals surface area (Å²) in [6.45, 7) is 3.49. The number of halogens is 1. The quantitative estimate of drug-likeness (QED) is 0.420. The van der Waals surface area contributed by atoms with Crippen molar-refractivity contribution >= 4 is 12.4 Å². The predicted octanol–water partition coefficient (Wildman–Crippen LogP) is -1.20. The third kappa shape index (κ3) is 22.9. The van der Waals surface area contributed by atoms with Gasteiger partial charge >= 0.3 is 29.6 Å². The van der Waals surface area contributed by atoms with Crippen molar-refractivity contribution in [1.82, 2.24) is 6.15 Å². The van der Waals surface area contributed by atoms with E-state index < -0.39 is 0 Å². The van der Waals surface area contributed by atoms with Crippen molar-refractivity contribution in [1.29, 1.82) is 0 Å². The summed E-state index contributed by atoms with van der Waals surface area (Å²) in [5, 5.41) is 0. The minimum atomic E-state index is 0. The first kappa shape index (κ1) is 22.5. The van der Waals surface area contributed by atoms with Gasteiger partial charge in [0, 0.05) is 0 Å². The predicted molar refractivity (Wildman–Crippen MR) is 46.6 cm³/mol. The minimum Gasteiger partial charge on any atom is -1.00 e. The molecule has 0 amide bonds. The minimum absolute atomic E-state index is 0. The Labute approximate surface area is 94.7 Å². The Morgan fingerprint density at radius 3 is 1.50 bits per heavy atom. The van der Waals surface area contributed by atoms with E-state index in [9.17, 15) is 0 Å². The van der Waals surface area contributed by atoms with Gasteiger partial charge in [-0.2, -0.15) is 0 Å². The molecule has 0 saturated carbocycles. The van der Waals surface area contributed by atoms with Crippen LogP contribution in [-0.4, -0.2) is 32.2 Å². The van der Waals surface area contributed by atoms with Crippen molar-refractivity contribution in [3.63, 3.8) is 0 Å². The molecule has 10 heavy (non-hydrogen) atoms. The maximum absolute atomic E-state index is 2.21. The van der Waals surface area contributed by atoms with Crippen LogP contribution in [0.4, 0.5) is 0 Å². The van der Waals surface area contributed by atoms with E-state index in [2.05, 4.69) is 28.1 Å². The van der Waals surface area contributed by atoms with Gasteiger partial charge in [0.05, 0.1) is 27.7 Å². The molecule has 0 aromatic heterocycles. The molecule has 0 radical (unpaired) electrons. The van der Waals surface area contributed by atoms with Gasteiger partial charge in [-0.1, -0.05) is 6.92 Å². The van der Waals surface area contributed by atoms with Crippen molar-refractivity contribution in [2.75, 3.05) is 27.7 Å². The van der Waals surface area contributed by atoms with Crippen LogP contribution < -0.4 is 35.7 Å². The van der Waals surface area contributed by atoms with E-state index in [1.54, 1.807) is 0 Å². The summed E-state index contributed by atoms with van der Waals surface area (Å²) >= 11 is 0. The summed E-state index contributed by atoms with van der Waals surface area (Å²) in [6, 6.07) is 0. The summed E-state index contributed by atoms with van der Waals surface area (Å²) in [5.41, 5.74) is 0. The molecule has 0 aliphatic carbocycles. The first-order valence-electron chi connectivity index (χ1n) is 2.86. The van der Waals surface area contributed by atoms with Crippen molar-refractivity contribution < 1.29 is 35.5 Å². The summed E-state index contributed by atoms with van der Waals surface area (Å²) in [6.07, 6.45) is 1.28. The molecule has 0 atom stereocenters. The van der Waals surface area contributed by atoms with E-state index in [0.29, 0.717) is 0 Å². The molecule has 3 N–H and O–H groups in total. The van der Waals surface area contributed by atoms with Gasteiger partial charge in [-0.05, 0) is 6.42 Å². The smallest absolute Gasteiger partial charge is 1.00 e. The van der Waals surface area contributed by atoms with Crippen molar-refractivity contribution in [3.05, 3.63) is 0 Å². The van der Waals surface area contributed by atoms with Crippen LogP contribution in [-0.2, 0) is 0 Å². The Bertz CT molecular complexity index is 59.0. The third-order valence-electron chi connectivity index (χ3n) is 0.894. The number of rotatable bonds is 2. The molecule has 0 spiro atoms. The van der Waals surface area contributed by atoms with E-state index >= 15 is 0 Å². The average Bonchev–Trinajstić information content (AvgIpc) is 1.30. The van der Waals surface area contributed by atoms with Gasteiger partial charge in [-0.3, -0.25) is 0 Å². The molecular weight excluding hydrogens is 159 g/mol. The van der Waals surface area contributed by atoms with Gasteiger partial charge in [0.2, 0.25) is 0 Å². The van der Waals surface area contributed by atoms with Crippen LogP contribution in [0.15, 0.2) is 0 Å². The fourth-order valence-electron chi connectivity index (χ4n) is 0.671. The second-order valence-corrected chi connectivity index (χ2v) is 3.01. The van der Waals surface area contributed by atoms with Gasteiger partial charge in [-0.15, -0.1) is 12.4 Å². The SMILES string of the molecule is CCC[N+](C)(C)C.Cl.N.[H-].[Na+]. The Kier molecular flexibility index (Phi) is 23.0. The van der Waals surface area contributed by atoms with Gasteiger partial charge < -0.3 is 12.1 Å². The fourth-order valence-corrected chi connectivity index (χ4v) is 0.671. The van der Waals surface area contributed by atoms with Gasteiger partial charge in [0.25, 0.3) is 0 Å². The van der Waals surface area contributed by atoms with Gasteiger partial charge in [-0.25, -0.2) is 0 Å². The molecule has 0 saturated heterocycles. The molecule has 4 heteroatoms. The Balaban J connectivity index is -0.0000000300. The molecule has 0 aromatic rings. The second kappa shape index (κ2) is 10.2. The first-order chi connectivity index (χ1) is 3.06. The third-order valence-corrected chi connectivity index (χ3v) is 0.894. The molecule has 0 bridgehead atoms. The van der Waals surface area contributed by atoms with Crippen LogP contribution in [0.1, 0.15) is 14.8 Å². The number of nitrogens with zero attached hydrogens (tertiary/aromatic N) is 1.